The summed E-state index contributed by atoms with van der Waals surface area (Å²) in [5, 5.41) is 3.59. The van der Waals surface area contributed by atoms with E-state index in [2.05, 4.69) is 33.0 Å². The fraction of sp³-hybridized carbons (Fsp3) is 0.714. The third-order valence-electron chi connectivity index (χ3n) is 2.66. The second kappa shape index (κ2) is 6.74. The molecule has 16 heavy (non-hydrogen) atoms. The highest BCUT2D eigenvalue weighted by Crippen LogP contribution is 2.14. The lowest BCUT2D eigenvalue weighted by Crippen LogP contribution is -2.31. The van der Waals surface area contributed by atoms with Crippen molar-refractivity contribution in [2.24, 2.45) is 11.8 Å². The van der Waals surface area contributed by atoms with Gasteiger partial charge in [-0.3, -0.25) is 0 Å². The molecule has 1 heterocycles. The Balaban J connectivity index is 2.37. The molecule has 0 aliphatic rings. The number of hydrogen-bond acceptors (Lipinski definition) is 2. The third kappa shape index (κ3) is 5.36. The zero-order chi connectivity index (χ0) is 12.0. The van der Waals surface area contributed by atoms with Gasteiger partial charge in [0.2, 0.25) is 0 Å². The highest BCUT2D eigenvalue weighted by molar-refractivity contribution is 4.97. The Morgan fingerprint density at radius 1 is 1.12 bits per heavy atom. The summed E-state index contributed by atoms with van der Waals surface area (Å²) in [4.78, 5) is 0. The van der Waals surface area contributed by atoms with Gasteiger partial charge in [0, 0.05) is 6.04 Å². The fourth-order valence-corrected chi connectivity index (χ4v) is 2.06. The van der Waals surface area contributed by atoms with Gasteiger partial charge in [0.25, 0.3) is 0 Å². The van der Waals surface area contributed by atoms with Gasteiger partial charge in [-0.1, -0.05) is 27.7 Å². The van der Waals surface area contributed by atoms with Crippen LogP contribution < -0.4 is 5.32 Å². The molecule has 2 heteroatoms. The monoisotopic (exact) mass is 223 g/mol. The first-order valence-electron chi connectivity index (χ1n) is 6.33. The van der Waals surface area contributed by atoms with Crippen LogP contribution in [-0.4, -0.2) is 6.04 Å². The molecule has 0 bridgehead atoms. The van der Waals surface area contributed by atoms with E-state index in [1.165, 1.54) is 12.8 Å². The minimum Gasteiger partial charge on any atom is -0.468 e. The maximum Gasteiger partial charge on any atom is 0.117 e. The molecule has 1 rings (SSSR count). The van der Waals surface area contributed by atoms with E-state index in [0.717, 1.165) is 24.1 Å². The lowest BCUT2D eigenvalue weighted by molar-refractivity contribution is 0.345. The van der Waals surface area contributed by atoms with Crippen LogP contribution in [0.1, 0.15) is 46.3 Å². The summed E-state index contributed by atoms with van der Waals surface area (Å²) in [7, 11) is 0. The van der Waals surface area contributed by atoms with Crippen LogP contribution in [0.25, 0.3) is 0 Å². The average Bonchev–Trinajstić information content (AvgIpc) is 2.64. The van der Waals surface area contributed by atoms with Gasteiger partial charge in [-0.15, -0.1) is 0 Å². The summed E-state index contributed by atoms with van der Waals surface area (Å²) < 4.78 is 5.33. The summed E-state index contributed by atoms with van der Waals surface area (Å²) >= 11 is 0. The molecule has 0 amide bonds. The topological polar surface area (TPSA) is 25.2 Å². The summed E-state index contributed by atoms with van der Waals surface area (Å²) in [5.74, 6) is 2.51. The molecule has 0 aliphatic carbocycles. The molecule has 0 aromatic carbocycles. The molecule has 0 unspecified atom stereocenters. The van der Waals surface area contributed by atoms with Crippen LogP contribution in [0.2, 0.25) is 0 Å². The Bertz CT molecular complexity index is 254. The molecule has 2 nitrogen and oxygen atoms in total. The number of hydrogen-bond donors (Lipinski definition) is 1. The quantitative estimate of drug-likeness (QED) is 0.760. The molecule has 92 valence electrons. The van der Waals surface area contributed by atoms with E-state index in [1.807, 2.05) is 12.1 Å². The van der Waals surface area contributed by atoms with Crippen LogP contribution in [-0.2, 0) is 6.54 Å². The van der Waals surface area contributed by atoms with Crippen LogP contribution in [0.15, 0.2) is 22.8 Å². The maximum atomic E-state index is 5.33. The number of nitrogens with one attached hydrogen (secondary N) is 1. The second-order valence-electron chi connectivity index (χ2n) is 5.42. The first-order chi connectivity index (χ1) is 7.58. The van der Waals surface area contributed by atoms with Crippen molar-refractivity contribution in [3.8, 4) is 0 Å². The Labute approximate surface area is 99.4 Å². The zero-order valence-corrected chi connectivity index (χ0v) is 11.0. The van der Waals surface area contributed by atoms with Crippen molar-refractivity contribution < 1.29 is 4.42 Å². The molecular formula is C14H25NO. The van der Waals surface area contributed by atoms with Gasteiger partial charge in [-0.25, -0.2) is 0 Å². The molecule has 0 atom stereocenters. The molecule has 0 aliphatic heterocycles. The Morgan fingerprint density at radius 3 is 2.19 bits per heavy atom. The third-order valence-corrected chi connectivity index (χ3v) is 2.66. The summed E-state index contributed by atoms with van der Waals surface area (Å²) in [5.41, 5.74) is 0. The van der Waals surface area contributed by atoms with Gasteiger partial charge in [0.05, 0.1) is 12.8 Å². The van der Waals surface area contributed by atoms with Crippen molar-refractivity contribution in [2.75, 3.05) is 0 Å². The smallest absolute Gasteiger partial charge is 0.117 e. The lowest BCUT2D eigenvalue weighted by atomic mass is 9.95. The van der Waals surface area contributed by atoms with Crippen molar-refractivity contribution >= 4 is 0 Å². The summed E-state index contributed by atoms with van der Waals surface area (Å²) in [6.45, 7) is 9.96. The first-order valence-corrected chi connectivity index (χ1v) is 6.33. The second-order valence-corrected chi connectivity index (χ2v) is 5.42. The normalized spacial score (nSPS) is 11.9. The molecule has 0 saturated heterocycles. The van der Waals surface area contributed by atoms with Crippen LogP contribution in [0.3, 0.4) is 0 Å². The first kappa shape index (κ1) is 13.3. The Morgan fingerprint density at radius 2 is 1.75 bits per heavy atom. The molecular weight excluding hydrogens is 198 g/mol. The number of furan rings is 1. The summed E-state index contributed by atoms with van der Waals surface area (Å²) in [6, 6.07) is 4.57. The highest BCUT2D eigenvalue weighted by atomic mass is 16.3. The van der Waals surface area contributed by atoms with Crippen molar-refractivity contribution in [3.63, 3.8) is 0 Å². The molecule has 1 aromatic rings. The molecule has 1 aromatic heterocycles. The van der Waals surface area contributed by atoms with Crippen molar-refractivity contribution in [3.05, 3.63) is 24.2 Å². The van der Waals surface area contributed by atoms with E-state index in [0.29, 0.717) is 6.04 Å². The van der Waals surface area contributed by atoms with Crippen LogP contribution in [0, 0.1) is 11.8 Å². The van der Waals surface area contributed by atoms with Crippen molar-refractivity contribution in [1.82, 2.24) is 5.32 Å². The van der Waals surface area contributed by atoms with E-state index in [-0.39, 0.29) is 0 Å². The van der Waals surface area contributed by atoms with Gasteiger partial charge in [-0.2, -0.15) is 0 Å². The fourth-order valence-electron chi connectivity index (χ4n) is 2.06. The Kier molecular flexibility index (Phi) is 5.61. The maximum absolute atomic E-state index is 5.33. The molecule has 0 spiro atoms. The zero-order valence-electron chi connectivity index (χ0n) is 11.0. The predicted molar refractivity (Wildman–Crippen MR) is 68.2 cm³/mol. The van der Waals surface area contributed by atoms with Crippen LogP contribution >= 0.6 is 0 Å². The van der Waals surface area contributed by atoms with Gasteiger partial charge in [-0.05, 0) is 36.8 Å². The van der Waals surface area contributed by atoms with Crippen LogP contribution in [0.5, 0.6) is 0 Å². The minimum atomic E-state index is 0.602. The molecule has 0 radical (unpaired) electrons. The van der Waals surface area contributed by atoms with Gasteiger partial charge in [0.15, 0.2) is 0 Å². The van der Waals surface area contributed by atoms with E-state index in [9.17, 15) is 0 Å². The summed E-state index contributed by atoms with van der Waals surface area (Å²) in [6.07, 6.45) is 4.20. The van der Waals surface area contributed by atoms with Crippen LogP contribution in [0.4, 0.5) is 0 Å². The van der Waals surface area contributed by atoms with E-state index >= 15 is 0 Å². The van der Waals surface area contributed by atoms with Gasteiger partial charge < -0.3 is 9.73 Å². The van der Waals surface area contributed by atoms with Crippen molar-refractivity contribution in [2.45, 2.75) is 53.1 Å². The SMILES string of the molecule is CC(C)CC(CC(C)C)NCc1ccco1. The molecule has 0 fully saturated rings. The van der Waals surface area contributed by atoms with E-state index in [4.69, 9.17) is 4.42 Å². The van der Waals surface area contributed by atoms with E-state index in [1.54, 1.807) is 6.26 Å². The van der Waals surface area contributed by atoms with Gasteiger partial charge >= 0.3 is 0 Å². The molecule has 1 N–H and O–H groups in total. The highest BCUT2D eigenvalue weighted by Gasteiger charge is 2.12. The predicted octanol–water partition coefficient (Wildman–Crippen LogP) is 3.83. The number of rotatable bonds is 7. The van der Waals surface area contributed by atoms with Gasteiger partial charge in [0.1, 0.15) is 5.76 Å². The lowest BCUT2D eigenvalue weighted by Gasteiger charge is -2.22. The largest absolute Gasteiger partial charge is 0.468 e. The average molecular weight is 223 g/mol. The van der Waals surface area contributed by atoms with E-state index < -0.39 is 0 Å². The Hall–Kier alpha value is -0.760. The standard InChI is InChI=1S/C14H25NO/c1-11(2)8-13(9-12(3)4)15-10-14-6-5-7-16-14/h5-7,11-13,15H,8-10H2,1-4H3. The van der Waals surface area contributed by atoms with Crippen molar-refractivity contribution in [1.29, 1.82) is 0 Å². The molecule has 0 saturated carbocycles. The minimum absolute atomic E-state index is 0.602.